The SMILES string of the molecule is CCN(CC)c1ccc(NCC2CCOC2)cc1. The fourth-order valence-electron chi connectivity index (χ4n) is 2.39. The second-order valence-corrected chi connectivity index (χ2v) is 4.83. The number of anilines is 2. The smallest absolute Gasteiger partial charge is 0.0511 e. The van der Waals surface area contributed by atoms with Crippen molar-refractivity contribution in [2.24, 2.45) is 5.92 Å². The molecule has 0 bridgehead atoms. The van der Waals surface area contributed by atoms with Crippen molar-refractivity contribution in [1.82, 2.24) is 0 Å². The summed E-state index contributed by atoms with van der Waals surface area (Å²) in [5.41, 5.74) is 2.51. The van der Waals surface area contributed by atoms with Crippen LogP contribution in [-0.2, 0) is 4.74 Å². The molecule has 18 heavy (non-hydrogen) atoms. The summed E-state index contributed by atoms with van der Waals surface area (Å²) in [6.07, 6.45) is 1.19. The van der Waals surface area contributed by atoms with Gasteiger partial charge in [0.2, 0.25) is 0 Å². The second-order valence-electron chi connectivity index (χ2n) is 4.83. The third kappa shape index (κ3) is 3.39. The molecule has 1 heterocycles. The molecular weight excluding hydrogens is 224 g/mol. The van der Waals surface area contributed by atoms with Crippen molar-refractivity contribution in [2.45, 2.75) is 20.3 Å². The lowest BCUT2D eigenvalue weighted by Crippen LogP contribution is -2.21. The minimum atomic E-state index is 0.674. The lowest BCUT2D eigenvalue weighted by molar-refractivity contribution is 0.187. The molecule has 1 aliphatic rings. The van der Waals surface area contributed by atoms with E-state index in [9.17, 15) is 0 Å². The van der Waals surface area contributed by atoms with Crippen LogP contribution in [0.5, 0.6) is 0 Å². The van der Waals surface area contributed by atoms with Crippen LogP contribution in [0.3, 0.4) is 0 Å². The molecule has 1 atom stereocenters. The number of hydrogen-bond acceptors (Lipinski definition) is 3. The molecule has 2 rings (SSSR count). The zero-order valence-electron chi connectivity index (χ0n) is 11.5. The van der Waals surface area contributed by atoms with E-state index in [2.05, 4.69) is 48.3 Å². The Kier molecular flexibility index (Phi) is 4.88. The molecule has 3 heteroatoms. The van der Waals surface area contributed by atoms with E-state index in [1.807, 2.05) is 0 Å². The van der Waals surface area contributed by atoms with E-state index in [4.69, 9.17) is 4.74 Å². The van der Waals surface area contributed by atoms with Crippen LogP contribution in [0.2, 0.25) is 0 Å². The van der Waals surface area contributed by atoms with Gasteiger partial charge in [-0.05, 0) is 44.5 Å². The van der Waals surface area contributed by atoms with Crippen molar-refractivity contribution < 1.29 is 4.74 Å². The first-order valence-electron chi connectivity index (χ1n) is 7.00. The highest BCUT2D eigenvalue weighted by Crippen LogP contribution is 2.19. The molecule has 0 spiro atoms. The predicted molar refractivity (Wildman–Crippen MR) is 77.4 cm³/mol. The summed E-state index contributed by atoms with van der Waals surface area (Å²) >= 11 is 0. The minimum Gasteiger partial charge on any atom is -0.385 e. The fraction of sp³-hybridized carbons (Fsp3) is 0.600. The Balaban J connectivity index is 1.86. The Bertz CT molecular complexity index is 340. The summed E-state index contributed by atoms with van der Waals surface area (Å²) in [6, 6.07) is 8.73. The number of hydrogen-bond donors (Lipinski definition) is 1. The van der Waals surface area contributed by atoms with Gasteiger partial charge in [0.15, 0.2) is 0 Å². The van der Waals surface area contributed by atoms with Crippen LogP contribution in [0.25, 0.3) is 0 Å². The molecule has 0 aliphatic carbocycles. The molecule has 1 unspecified atom stereocenters. The van der Waals surface area contributed by atoms with Crippen molar-refractivity contribution in [3.63, 3.8) is 0 Å². The van der Waals surface area contributed by atoms with E-state index >= 15 is 0 Å². The van der Waals surface area contributed by atoms with Gasteiger partial charge in [-0.3, -0.25) is 0 Å². The summed E-state index contributed by atoms with van der Waals surface area (Å²) in [6.45, 7) is 9.35. The lowest BCUT2D eigenvalue weighted by Gasteiger charge is -2.21. The van der Waals surface area contributed by atoms with E-state index in [1.54, 1.807) is 0 Å². The summed E-state index contributed by atoms with van der Waals surface area (Å²) < 4.78 is 5.38. The van der Waals surface area contributed by atoms with Crippen molar-refractivity contribution in [1.29, 1.82) is 0 Å². The Morgan fingerprint density at radius 1 is 1.22 bits per heavy atom. The molecule has 0 aromatic heterocycles. The van der Waals surface area contributed by atoms with E-state index < -0.39 is 0 Å². The lowest BCUT2D eigenvalue weighted by atomic mass is 10.1. The van der Waals surface area contributed by atoms with Gasteiger partial charge in [0.05, 0.1) is 6.61 Å². The van der Waals surface area contributed by atoms with Crippen LogP contribution in [0.1, 0.15) is 20.3 Å². The third-order valence-electron chi connectivity index (χ3n) is 3.61. The van der Waals surface area contributed by atoms with Crippen molar-refractivity contribution >= 4 is 11.4 Å². The first-order valence-corrected chi connectivity index (χ1v) is 7.00. The first-order chi connectivity index (χ1) is 8.83. The van der Waals surface area contributed by atoms with Crippen LogP contribution >= 0.6 is 0 Å². The number of nitrogens with one attached hydrogen (secondary N) is 1. The van der Waals surface area contributed by atoms with Crippen molar-refractivity contribution in [3.05, 3.63) is 24.3 Å². The van der Waals surface area contributed by atoms with Gasteiger partial charge in [0.25, 0.3) is 0 Å². The number of rotatable bonds is 6. The summed E-state index contributed by atoms with van der Waals surface area (Å²) in [5, 5.41) is 3.49. The molecule has 0 amide bonds. The normalized spacial score (nSPS) is 18.9. The molecule has 1 aliphatic heterocycles. The van der Waals surface area contributed by atoms with Gasteiger partial charge >= 0.3 is 0 Å². The van der Waals surface area contributed by atoms with E-state index in [1.165, 1.54) is 17.8 Å². The Labute approximate surface area is 110 Å². The van der Waals surface area contributed by atoms with Gasteiger partial charge in [-0.2, -0.15) is 0 Å². The Morgan fingerprint density at radius 2 is 1.94 bits per heavy atom. The van der Waals surface area contributed by atoms with Crippen LogP contribution in [0.15, 0.2) is 24.3 Å². The topological polar surface area (TPSA) is 24.5 Å². The number of nitrogens with zero attached hydrogens (tertiary/aromatic N) is 1. The molecule has 0 saturated carbocycles. The third-order valence-corrected chi connectivity index (χ3v) is 3.61. The summed E-state index contributed by atoms with van der Waals surface area (Å²) in [4.78, 5) is 2.36. The Hall–Kier alpha value is -1.22. The van der Waals surface area contributed by atoms with Crippen molar-refractivity contribution in [2.75, 3.05) is 43.1 Å². The van der Waals surface area contributed by atoms with Crippen LogP contribution in [0.4, 0.5) is 11.4 Å². The molecule has 0 radical (unpaired) electrons. The van der Waals surface area contributed by atoms with E-state index in [0.29, 0.717) is 5.92 Å². The molecular formula is C15H24N2O. The summed E-state index contributed by atoms with van der Waals surface area (Å²) in [7, 11) is 0. The van der Waals surface area contributed by atoms with Crippen LogP contribution < -0.4 is 10.2 Å². The minimum absolute atomic E-state index is 0.674. The maximum Gasteiger partial charge on any atom is 0.0511 e. The largest absolute Gasteiger partial charge is 0.385 e. The second kappa shape index (κ2) is 6.64. The molecule has 1 N–H and O–H groups in total. The molecule has 100 valence electrons. The summed E-state index contributed by atoms with van der Waals surface area (Å²) in [5.74, 6) is 0.674. The number of benzene rings is 1. The fourth-order valence-corrected chi connectivity index (χ4v) is 2.39. The quantitative estimate of drug-likeness (QED) is 0.837. The van der Waals surface area contributed by atoms with Gasteiger partial charge in [-0.1, -0.05) is 0 Å². The first kappa shape index (κ1) is 13.2. The molecule has 1 saturated heterocycles. The van der Waals surface area contributed by atoms with Crippen LogP contribution in [-0.4, -0.2) is 32.8 Å². The highest BCUT2D eigenvalue weighted by molar-refractivity contribution is 5.55. The highest BCUT2D eigenvalue weighted by Gasteiger charge is 2.14. The highest BCUT2D eigenvalue weighted by atomic mass is 16.5. The van der Waals surface area contributed by atoms with Crippen molar-refractivity contribution in [3.8, 4) is 0 Å². The van der Waals surface area contributed by atoms with Gasteiger partial charge in [0.1, 0.15) is 0 Å². The van der Waals surface area contributed by atoms with Gasteiger partial charge in [-0.15, -0.1) is 0 Å². The van der Waals surface area contributed by atoms with E-state index in [-0.39, 0.29) is 0 Å². The average Bonchev–Trinajstić information content (AvgIpc) is 2.92. The standard InChI is InChI=1S/C15H24N2O/c1-3-17(4-2)15-7-5-14(6-8-15)16-11-13-9-10-18-12-13/h5-8,13,16H,3-4,9-12H2,1-2H3. The molecule has 3 nitrogen and oxygen atoms in total. The maximum absolute atomic E-state index is 5.38. The van der Waals surface area contributed by atoms with Crippen LogP contribution in [0, 0.1) is 5.92 Å². The molecule has 1 fully saturated rings. The zero-order valence-corrected chi connectivity index (χ0v) is 11.5. The zero-order chi connectivity index (χ0) is 12.8. The van der Waals surface area contributed by atoms with Gasteiger partial charge in [0, 0.05) is 43.5 Å². The Morgan fingerprint density at radius 3 is 2.50 bits per heavy atom. The molecule has 1 aromatic rings. The van der Waals surface area contributed by atoms with E-state index in [0.717, 1.165) is 32.8 Å². The molecule has 1 aromatic carbocycles. The van der Waals surface area contributed by atoms with Gasteiger partial charge in [-0.25, -0.2) is 0 Å². The number of ether oxygens (including phenoxy) is 1. The monoisotopic (exact) mass is 248 g/mol. The average molecular weight is 248 g/mol. The predicted octanol–water partition coefficient (Wildman–Crippen LogP) is 2.98. The maximum atomic E-state index is 5.38. The van der Waals surface area contributed by atoms with Gasteiger partial charge < -0.3 is 15.0 Å².